The summed E-state index contributed by atoms with van der Waals surface area (Å²) in [7, 11) is 1.48. The van der Waals surface area contributed by atoms with Crippen molar-refractivity contribution in [1.29, 1.82) is 0 Å². The summed E-state index contributed by atoms with van der Waals surface area (Å²) in [6.07, 6.45) is 1.52. The first-order chi connectivity index (χ1) is 14.1. The lowest BCUT2D eigenvalue weighted by molar-refractivity contribution is 0.102. The summed E-state index contributed by atoms with van der Waals surface area (Å²) in [5.74, 6) is -0.726. The minimum Gasteiger partial charge on any atom is -0.506 e. The van der Waals surface area contributed by atoms with Gasteiger partial charge in [0.1, 0.15) is 17.1 Å². The predicted molar refractivity (Wildman–Crippen MR) is 110 cm³/mol. The van der Waals surface area contributed by atoms with E-state index in [9.17, 15) is 14.7 Å². The van der Waals surface area contributed by atoms with Crippen LogP contribution in [0, 0.1) is 0 Å². The zero-order chi connectivity index (χ0) is 20.4. The number of benzene rings is 2. The zero-order valence-corrected chi connectivity index (χ0v) is 15.5. The molecule has 0 aliphatic carbocycles. The normalized spacial score (nSPS) is 10.7. The predicted octanol–water partition coefficient (Wildman–Crippen LogP) is 3.35. The van der Waals surface area contributed by atoms with Crippen LogP contribution in [0.15, 0.2) is 77.7 Å². The maximum Gasteiger partial charge on any atom is 0.273 e. The molecule has 0 bridgehead atoms. The Morgan fingerprint density at radius 3 is 2.52 bits per heavy atom. The Labute approximate surface area is 165 Å². The number of rotatable bonds is 4. The van der Waals surface area contributed by atoms with Crippen LogP contribution in [-0.4, -0.2) is 27.7 Å². The van der Waals surface area contributed by atoms with Crippen molar-refractivity contribution >= 4 is 22.6 Å². The van der Waals surface area contributed by atoms with Gasteiger partial charge < -0.3 is 15.2 Å². The minimum atomic E-state index is -0.743. The molecule has 0 aliphatic rings. The molecule has 29 heavy (non-hydrogen) atoms. The van der Waals surface area contributed by atoms with Crippen molar-refractivity contribution in [3.05, 3.63) is 88.8 Å². The number of carbonyl (C=O) groups is 1. The Balaban J connectivity index is 1.93. The van der Waals surface area contributed by atoms with Gasteiger partial charge in [-0.15, -0.1) is 0 Å². The molecule has 0 unspecified atom stereocenters. The molecule has 1 amide bonds. The van der Waals surface area contributed by atoms with Gasteiger partial charge in [0.05, 0.1) is 23.9 Å². The maximum absolute atomic E-state index is 13.3. The number of fused-ring (bicyclic) bond motifs is 1. The van der Waals surface area contributed by atoms with Crippen LogP contribution in [0.3, 0.4) is 0 Å². The third-order valence-electron chi connectivity index (χ3n) is 4.50. The van der Waals surface area contributed by atoms with E-state index in [0.29, 0.717) is 22.5 Å². The number of ether oxygens (including phenoxy) is 1. The minimum absolute atomic E-state index is 0.259. The van der Waals surface area contributed by atoms with Gasteiger partial charge in [-0.25, -0.2) is 4.98 Å². The molecule has 4 aromatic rings. The van der Waals surface area contributed by atoms with Gasteiger partial charge in [-0.1, -0.05) is 30.3 Å². The number of amides is 1. The van der Waals surface area contributed by atoms with Crippen molar-refractivity contribution in [1.82, 2.24) is 9.55 Å². The standard InChI is InChI=1S/C22H17N3O4/c1-29-17-12-6-5-11-16(17)24-21(27)18-19(26)15-10-7-13-23-20(15)25(22(18)28)14-8-3-2-4-9-14/h2-13,26H,1H3,(H,24,27). The van der Waals surface area contributed by atoms with Crippen molar-refractivity contribution in [2.24, 2.45) is 0 Å². The molecule has 2 N–H and O–H groups in total. The highest BCUT2D eigenvalue weighted by atomic mass is 16.5. The van der Waals surface area contributed by atoms with Gasteiger partial charge in [0.25, 0.3) is 11.5 Å². The Kier molecular flexibility index (Phi) is 4.70. The van der Waals surface area contributed by atoms with E-state index in [0.717, 1.165) is 0 Å². The van der Waals surface area contributed by atoms with Gasteiger partial charge in [-0.3, -0.25) is 14.2 Å². The number of aromatic hydroxyl groups is 1. The van der Waals surface area contributed by atoms with Crippen LogP contribution in [0.25, 0.3) is 16.7 Å². The number of pyridine rings is 2. The molecular formula is C22H17N3O4. The lowest BCUT2D eigenvalue weighted by Crippen LogP contribution is -2.29. The number of para-hydroxylation sites is 3. The molecule has 2 heterocycles. The van der Waals surface area contributed by atoms with Crippen LogP contribution in [-0.2, 0) is 0 Å². The topological polar surface area (TPSA) is 93.4 Å². The largest absolute Gasteiger partial charge is 0.506 e. The molecule has 7 heteroatoms. The average molecular weight is 387 g/mol. The Morgan fingerprint density at radius 2 is 1.76 bits per heavy atom. The van der Waals surface area contributed by atoms with E-state index in [1.807, 2.05) is 6.07 Å². The van der Waals surface area contributed by atoms with E-state index in [4.69, 9.17) is 4.74 Å². The fourth-order valence-corrected chi connectivity index (χ4v) is 3.16. The first kappa shape index (κ1) is 18.2. The molecule has 0 atom stereocenters. The highest BCUT2D eigenvalue weighted by molar-refractivity contribution is 6.09. The van der Waals surface area contributed by atoms with Gasteiger partial charge in [0.15, 0.2) is 5.65 Å². The highest BCUT2D eigenvalue weighted by Crippen LogP contribution is 2.29. The molecule has 2 aromatic carbocycles. The highest BCUT2D eigenvalue weighted by Gasteiger charge is 2.24. The van der Waals surface area contributed by atoms with Crippen LogP contribution >= 0.6 is 0 Å². The first-order valence-electron chi connectivity index (χ1n) is 8.84. The summed E-state index contributed by atoms with van der Waals surface area (Å²) in [5, 5.41) is 13.7. The number of nitrogens with one attached hydrogen (secondary N) is 1. The first-order valence-corrected chi connectivity index (χ1v) is 8.84. The van der Waals surface area contributed by atoms with Gasteiger partial charge in [0, 0.05) is 6.20 Å². The molecule has 0 radical (unpaired) electrons. The second-order valence-corrected chi connectivity index (χ2v) is 6.23. The van der Waals surface area contributed by atoms with Crippen molar-refractivity contribution in [3.63, 3.8) is 0 Å². The number of aromatic nitrogens is 2. The van der Waals surface area contributed by atoms with E-state index in [1.54, 1.807) is 60.7 Å². The second-order valence-electron chi connectivity index (χ2n) is 6.23. The Bertz CT molecular complexity index is 1270. The Morgan fingerprint density at radius 1 is 1.03 bits per heavy atom. The maximum atomic E-state index is 13.3. The molecule has 7 nitrogen and oxygen atoms in total. The molecule has 0 aliphatic heterocycles. The van der Waals surface area contributed by atoms with Crippen molar-refractivity contribution < 1.29 is 14.6 Å². The van der Waals surface area contributed by atoms with Gasteiger partial charge in [0.2, 0.25) is 0 Å². The fraction of sp³-hybridized carbons (Fsp3) is 0.0455. The number of anilines is 1. The van der Waals surface area contributed by atoms with E-state index >= 15 is 0 Å². The average Bonchev–Trinajstić information content (AvgIpc) is 2.75. The van der Waals surface area contributed by atoms with Crippen LogP contribution < -0.4 is 15.6 Å². The molecule has 0 fully saturated rings. The van der Waals surface area contributed by atoms with Gasteiger partial charge in [-0.2, -0.15) is 0 Å². The number of hydrogen-bond donors (Lipinski definition) is 2. The molecule has 2 aromatic heterocycles. The molecule has 0 spiro atoms. The fourth-order valence-electron chi connectivity index (χ4n) is 3.16. The Hall–Kier alpha value is -4.13. The van der Waals surface area contributed by atoms with Gasteiger partial charge >= 0.3 is 0 Å². The molecule has 144 valence electrons. The van der Waals surface area contributed by atoms with Crippen LogP contribution in [0.5, 0.6) is 11.5 Å². The molecular weight excluding hydrogens is 370 g/mol. The lowest BCUT2D eigenvalue weighted by Gasteiger charge is -2.15. The number of hydrogen-bond acceptors (Lipinski definition) is 5. The van der Waals surface area contributed by atoms with E-state index in [1.165, 1.54) is 17.9 Å². The van der Waals surface area contributed by atoms with Crippen LogP contribution in [0.2, 0.25) is 0 Å². The molecule has 0 saturated carbocycles. The number of methoxy groups -OCH3 is 1. The van der Waals surface area contributed by atoms with E-state index < -0.39 is 17.2 Å². The van der Waals surface area contributed by atoms with Crippen molar-refractivity contribution in [2.45, 2.75) is 0 Å². The summed E-state index contributed by atoms with van der Waals surface area (Å²) >= 11 is 0. The summed E-state index contributed by atoms with van der Waals surface area (Å²) < 4.78 is 6.55. The van der Waals surface area contributed by atoms with Gasteiger partial charge in [-0.05, 0) is 36.4 Å². The third kappa shape index (κ3) is 3.19. The smallest absolute Gasteiger partial charge is 0.273 e. The summed E-state index contributed by atoms with van der Waals surface area (Å²) in [6.45, 7) is 0. The lowest BCUT2D eigenvalue weighted by atomic mass is 10.1. The quantitative estimate of drug-likeness (QED) is 0.560. The summed E-state index contributed by atoms with van der Waals surface area (Å²) in [5.41, 5.74) is 0.131. The van der Waals surface area contributed by atoms with E-state index in [-0.39, 0.29) is 11.2 Å². The number of carbonyl (C=O) groups excluding carboxylic acids is 1. The van der Waals surface area contributed by atoms with Crippen molar-refractivity contribution in [3.8, 4) is 17.2 Å². The monoisotopic (exact) mass is 387 g/mol. The molecule has 0 saturated heterocycles. The summed E-state index contributed by atoms with van der Waals surface area (Å²) in [4.78, 5) is 30.5. The molecule has 4 rings (SSSR count). The third-order valence-corrected chi connectivity index (χ3v) is 4.50. The summed E-state index contributed by atoms with van der Waals surface area (Å²) in [6, 6.07) is 18.9. The SMILES string of the molecule is COc1ccccc1NC(=O)c1c(O)c2cccnc2n(-c2ccccc2)c1=O. The van der Waals surface area contributed by atoms with Crippen molar-refractivity contribution in [2.75, 3.05) is 12.4 Å². The van der Waals surface area contributed by atoms with Crippen LogP contribution in [0.1, 0.15) is 10.4 Å². The number of nitrogens with zero attached hydrogens (tertiary/aromatic N) is 2. The second kappa shape index (κ2) is 7.47. The van der Waals surface area contributed by atoms with E-state index in [2.05, 4.69) is 10.3 Å². The zero-order valence-electron chi connectivity index (χ0n) is 15.5. The van der Waals surface area contributed by atoms with Crippen LogP contribution in [0.4, 0.5) is 5.69 Å².